The molecule has 0 aliphatic carbocycles. The molecule has 43 heavy (non-hydrogen) atoms. The second kappa shape index (κ2) is 16.5. The largest absolute Gasteiger partial charge is 0.492 e. The Labute approximate surface area is 264 Å². The van der Waals surface area contributed by atoms with E-state index in [1.54, 1.807) is 29.2 Å². The molecule has 0 saturated carbocycles. The molecule has 0 spiro atoms. The van der Waals surface area contributed by atoms with E-state index in [2.05, 4.69) is 21.2 Å². The minimum atomic E-state index is -3.66. The van der Waals surface area contributed by atoms with E-state index in [1.165, 1.54) is 4.31 Å². The van der Waals surface area contributed by atoms with Crippen molar-refractivity contribution >= 4 is 43.5 Å². The first-order valence-corrected chi connectivity index (χ1v) is 17.2. The highest BCUT2D eigenvalue weighted by molar-refractivity contribution is 9.10. The van der Waals surface area contributed by atoms with E-state index in [0.717, 1.165) is 21.9 Å². The maximum atomic E-state index is 14.0. The zero-order valence-electron chi connectivity index (χ0n) is 25.3. The van der Waals surface area contributed by atoms with Gasteiger partial charge in [-0.05, 0) is 54.7 Å². The summed E-state index contributed by atoms with van der Waals surface area (Å²) in [6.07, 6.45) is 1.81. The van der Waals surface area contributed by atoms with Crippen LogP contribution in [0.25, 0.3) is 0 Å². The number of carbonyl (C=O) groups excluding carboxylic acids is 2. The maximum Gasteiger partial charge on any atom is 0.243 e. The second-order valence-electron chi connectivity index (χ2n) is 10.8. The summed E-state index contributed by atoms with van der Waals surface area (Å²) in [5, 5.41) is 3.03. The van der Waals surface area contributed by atoms with Gasteiger partial charge in [0.05, 0.1) is 18.6 Å². The molecule has 2 amide bonds. The van der Waals surface area contributed by atoms with Crippen LogP contribution in [0, 0.1) is 5.92 Å². The lowest BCUT2D eigenvalue weighted by Crippen LogP contribution is -2.51. The molecule has 10 heteroatoms. The van der Waals surface area contributed by atoms with E-state index in [0.29, 0.717) is 31.0 Å². The summed E-state index contributed by atoms with van der Waals surface area (Å²) in [5.41, 5.74) is 2.25. The third-order valence-corrected chi connectivity index (χ3v) is 8.46. The van der Waals surface area contributed by atoms with E-state index < -0.39 is 16.1 Å². The van der Waals surface area contributed by atoms with Crippen LogP contribution in [0.4, 0.5) is 5.69 Å². The van der Waals surface area contributed by atoms with Gasteiger partial charge in [-0.3, -0.25) is 13.9 Å². The van der Waals surface area contributed by atoms with Crippen molar-refractivity contribution in [3.05, 3.63) is 94.5 Å². The Morgan fingerprint density at radius 2 is 1.63 bits per heavy atom. The SMILES string of the molecule is CCOc1ccccc1N(CCCC(=O)N(Cc1cccc(Br)c1)[C@@H](Cc1ccccc1)C(=O)NCC(C)C)S(C)(=O)=O. The van der Waals surface area contributed by atoms with Gasteiger partial charge in [0.2, 0.25) is 21.8 Å². The van der Waals surface area contributed by atoms with Crippen LogP contribution in [0.3, 0.4) is 0 Å². The Morgan fingerprint density at radius 3 is 2.28 bits per heavy atom. The number of sulfonamides is 1. The molecule has 0 heterocycles. The van der Waals surface area contributed by atoms with Gasteiger partial charge in [0.1, 0.15) is 11.8 Å². The van der Waals surface area contributed by atoms with Crippen molar-refractivity contribution in [3.63, 3.8) is 0 Å². The van der Waals surface area contributed by atoms with Gasteiger partial charge < -0.3 is 15.0 Å². The fourth-order valence-corrected chi connectivity index (χ4v) is 6.15. The standard InChI is InChI=1S/C33H42BrN3O5S/c1-5-42-31-18-10-9-17-29(31)37(43(4,40)41)20-12-19-32(38)36(24-27-15-11-16-28(34)21-27)30(33(39)35-23-25(2)3)22-26-13-7-6-8-14-26/h6-11,13-18,21,25,30H,5,12,19-20,22-24H2,1-4H3,(H,35,39)/t30-/m0/s1. The summed E-state index contributed by atoms with van der Waals surface area (Å²) in [6.45, 7) is 7.08. The van der Waals surface area contributed by atoms with E-state index in [9.17, 15) is 18.0 Å². The quantitative estimate of drug-likeness (QED) is 0.208. The van der Waals surface area contributed by atoms with Gasteiger partial charge in [-0.2, -0.15) is 0 Å². The van der Waals surface area contributed by atoms with Crippen molar-refractivity contribution in [1.82, 2.24) is 10.2 Å². The van der Waals surface area contributed by atoms with Crippen molar-refractivity contribution in [2.24, 2.45) is 5.92 Å². The Kier molecular flexibility index (Phi) is 13.1. The van der Waals surface area contributed by atoms with E-state index in [-0.39, 0.29) is 43.7 Å². The van der Waals surface area contributed by atoms with Gasteiger partial charge in [0.15, 0.2) is 0 Å². The summed E-state index contributed by atoms with van der Waals surface area (Å²) in [5.74, 6) is 0.260. The van der Waals surface area contributed by atoms with E-state index in [4.69, 9.17) is 4.74 Å². The molecular formula is C33H42BrN3O5S. The molecule has 0 aromatic heterocycles. The number of benzene rings is 3. The summed E-state index contributed by atoms with van der Waals surface area (Å²) in [7, 11) is -3.66. The van der Waals surface area contributed by atoms with Crippen LogP contribution >= 0.6 is 15.9 Å². The van der Waals surface area contributed by atoms with Gasteiger partial charge in [-0.15, -0.1) is 0 Å². The number of rotatable bonds is 16. The first-order chi connectivity index (χ1) is 20.5. The van der Waals surface area contributed by atoms with Crippen LogP contribution in [0.2, 0.25) is 0 Å². The highest BCUT2D eigenvalue weighted by atomic mass is 79.9. The molecule has 0 bridgehead atoms. The Morgan fingerprint density at radius 1 is 0.953 bits per heavy atom. The molecule has 0 fully saturated rings. The smallest absolute Gasteiger partial charge is 0.243 e. The summed E-state index contributed by atoms with van der Waals surface area (Å²) in [4.78, 5) is 29.3. The number of hydrogen-bond donors (Lipinski definition) is 1. The number of para-hydroxylation sites is 2. The average Bonchev–Trinajstić information content (AvgIpc) is 2.96. The fraction of sp³-hybridized carbons (Fsp3) is 0.394. The molecule has 0 radical (unpaired) electrons. The molecule has 8 nitrogen and oxygen atoms in total. The lowest BCUT2D eigenvalue weighted by atomic mass is 10.0. The van der Waals surface area contributed by atoms with Crippen LogP contribution in [0.15, 0.2) is 83.3 Å². The molecule has 0 saturated heterocycles. The van der Waals surface area contributed by atoms with E-state index in [1.807, 2.05) is 75.4 Å². The molecule has 3 aromatic rings. The number of hydrogen-bond acceptors (Lipinski definition) is 5. The lowest BCUT2D eigenvalue weighted by molar-refractivity contribution is -0.141. The van der Waals surface area contributed by atoms with E-state index >= 15 is 0 Å². The van der Waals surface area contributed by atoms with Gasteiger partial charge >= 0.3 is 0 Å². The van der Waals surface area contributed by atoms with Crippen LogP contribution in [-0.4, -0.2) is 57.1 Å². The van der Waals surface area contributed by atoms with Crippen LogP contribution < -0.4 is 14.4 Å². The Hall–Kier alpha value is -3.37. The predicted octanol–water partition coefficient (Wildman–Crippen LogP) is 5.81. The molecule has 3 aromatic carbocycles. The molecule has 1 N–H and O–H groups in total. The number of nitrogens with one attached hydrogen (secondary N) is 1. The first kappa shape index (κ1) is 34.1. The average molecular weight is 673 g/mol. The minimum Gasteiger partial charge on any atom is -0.492 e. The third kappa shape index (κ3) is 10.7. The van der Waals surface area contributed by atoms with Crippen LogP contribution in [0.1, 0.15) is 44.7 Å². The van der Waals surface area contributed by atoms with Gasteiger partial charge in [-0.25, -0.2) is 8.42 Å². The van der Waals surface area contributed by atoms with Crippen LogP contribution in [-0.2, 0) is 32.6 Å². The number of nitrogens with zero attached hydrogens (tertiary/aromatic N) is 2. The number of halogens is 1. The van der Waals surface area contributed by atoms with Crippen molar-refractivity contribution in [2.45, 2.75) is 52.6 Å². The normalized spacial score (nSPS) is 12.0. The molecule has 1 atom stereocenters. The molecule has 3 rings (SSSR count). The maximum absolute atomic E-state index is 14.0. The van der Waals surface area contributed by atoms with Gasteiger partial charge in [-0.1, -0.05) is 84.4 Å². The predicted molar refractivity (Wildman–Crippen MR) is 176 cm³/mol. The summed E-state index contributed by atoms with van der Waals surface area (Å²) < 4.78 is 33.5. The first-order valence-electron chi connectivity index (χ1n) is 14.5. The lowest BCUT2D eigenvalue weighted by Gasteiger charge is -2.32. The fourth-order valence-electron chi connectivity index (χ4n) is 4.73. The van der Waals surface area contributed by atoms with Crippen molar-refractivity contribution in [1.29, 1.82) is 0 Å². The molecular weight excluding hydrogens is 630 g/mol. The zero-order chi connectivity index (χ0) is 31.4. The third-order valence-electron chi connectivity index (χ3n) is 6.78. The minimum absolute atomic E-state index is 0.0551. The number of carbonyl (C=O) groups is 2. The van der Waals surface area contributed by atoms with Crippen LogP contribution in [0.5, 0.6) is 5.75 Å². The Bertz CT molecular complexity index is 1450. The number of ether oxygens (including phenoxy) is 1. The van der Waals surface area contributed by atoms with Crippen molar-refractivity contribution in [2.75, 3.05) is 30.3 Å². The summed E-state index contributed by atoms with van der Waals surface area (Å²) >= 11 is 3.51. The highest BCUT2D eigenvalue weighted by Crippen LogP contribution is 2.30. The number of amides is 2. The second-order valence-corrected chi connectivity index (χ2v) is 13.7. The number of anilines is 1. The summed E-state index contributed by atoms with van der Waals surface area (Å²) in [6, 6.07) is 23.5. The Balaban J connectivity index is 1.90. The molecule has 0 aliphatic heterocycles. The van der Waals surface area contributed by atoms with Crippen molar-refractivity contribution < 1.29 is 22.7 Å². The topological polar surface area (TPSA) is 96.0 Å². The molecule has 232 valence electrons. The van der Waals surface area contributed by atoms with Gasteiger partial charge in [0.25, 0.3) is 0 Å². The molecule has 0 aliphatic rings. The van der Waals surface area contributed by atoms with Gasteiger partial charge in [0, 0.05) is 36.9 Å². The monoisotopic (exact) mass is 671 g/mol. The van der Waals surface area contributed by atoms with Crippen molar-refractivity contribution in [3.8, 4) is 5.75 Å². The molecule has 0 unspecified atom stereocenters. The zero-order valence-corrected chi connectivity index (χ0v) is 27.7. The highest BCUT2D eigenvalue weighted by Gasteiger charge is 2.31.